The number of carbonyl (C=O) groups excluding carboxylic acids is 2. The Balaban J connectivity index is 1.60. The van der Waals surface area contributed by atoms with Gasteiger partial charge in [-0.2, -0.15) is 0 Å². The van der Waals surface area contributed by atoms with Crippen LogP contribution >= 0.6 is 0 Å². The Morgan fingerprint density at radius 3 is 2.96 bits per heavy atom. The lowest BCUT2D eigenvalue weighted by Crippen LogP contribution is -2.32. The largest absolute Gasteiger partial charge is 0.352 e. The molecular weight excluding hydrogens is 290 g/mol. The van der Waals surface area contributed by atoms with E-state index in [2.05, 4.69) is 10.3 Å². The Morgan fingerprint density at radius 1 is 1.35 bits per heavy atom. The van der Waals surface area contributed by atoms with Crippen molar-refractivity contribution in [1.82, 2.24) is 10.3 Å². The van der Waals surface area contributed by atoms with Gasteiger partial charge in [0, 0.05) is 25.7 Å². The van der Waals surface area contributed by atoms with Crippen LogP contribution in [-0.4, -0.2) is 23.3 Å². The molecule has 3 rings (SSSR count). The van der Waals surface area contributed by atoms with Gasteiger partial charge in [0.25, 0.3) is 0 Å². The van der Waals surface area contributed by atoms with Crippen molar-refractivity contribution in [3.8, 4) is 0 Å². The summed E-state index contributed by atoms with van der Waals surface area (Å²) in [6.07, 6.45) is 3.55. The van der Waals surface area contributed by atoms with Gasteiger partial charge in [-0.25, -0.2) is 0 Å². The first kappa shape index (κ1) is 15.2. The van der Waals surface area contributed by atoms with Crippen molar-refractivity contribution < 1.29 is 9.59 Å². The minimum absolute atomic E-state index is 0.0336. The van der Waals surface area contributed by atoms with Crippen LogP contribution in [0.25, 0.3) is 0 Å². The van der Waals surface area contributed by atoms with Gasteiger partial charge in [-0.3, -0.25) is 14.6 Å². The van der Waals surface area contributed by atoms with E-state index in [9.17, 15) is 9.59 Å². The zero-order valence-corrected chi connectivity index (χ0v) is 13.0. The van der Waals surface area contributed by atoms with Gasteiger partial charge < -0.3 is 10.2 Å². The minimum atomic E-state index is -0.312. The van der Waals surface area contributed by atoms with Crippen LogP contribution in [-0.2, 0) is 16.1 Å². The number of nitrogens with zero attached hydrogens (tertiary/aromatic N) is 2. The van der Waals surface area contributed by atoms with Gasteiger partial charge >= 0.3 is 0 Å². The average Bonchev–Trinajstić information content (AvgIpc) is 2.95. The maximum Gasteiger partial charge on any atom is 0.227 e. The fraction of sp³-hybridized carbons (Fsp3) is 0.278. The molecule has 1 aliphatic heterocycles. The Morgan fingerprint density at radius 2 is 2.22 bits per heavy atom. The third-order valence-corrected chi connectivity index (χ3v) is 4.00. The third kappa shape index (κ3) is 3.56. The zero-order chi connectivity index (χ0) is 16.2. The predicted molar refractivity (Wildman–Crippen MR) is 87.7 cm³/mol. The predicted octanol–water partition coefficient (Wildman–Crippen LogP) is 2.06. The number of aryl methyl sites for hydroxylation is 1. The van der Waals surface area contributed by atoms with E-state index in [1.807, 2.05) is 37.3 Å². The van der Waals surface area contributed by atoms with E-state index in [4.69, 9.17) is 0 Å². The van der Waals surface area contributed by atoms with Gasteiger partial charge in [0.1, 0.15) is 0 Å². The summed E-state index contributed by atoms with van der Waals surface area (Å²) in [5.74, 6) is -0.424. The smallest absolute Gasteiger partial charge is 0.227 e. The van der Waals surface area contributed by atoms with Gasteiger partial charge in [0.05, 0.1) is 17.8 Å². The van der Waals surface area contributed by atoms with Gasteiger partial charge in [-0.15, -0.1) is 0 Å². The third-order valence-electron chi connectivity index (χ3n) is 4.00. The summed E-state index contributed by atoms with van der Waals surface area (Å²) in [5.41, 5.74) is 2.97. The van der Waals surface area contributed by atoms with Gasteiger partial charge in [0.15, 0.2) is 0 Å². The SMILES string of the molecule is Cc1cccc(CNC(=O)C2CC(=O)N(c3cccnc3)C2)c1. The summed E-state index contributed by atoms with van der Waals surface area (Å²) in [6, 6.07) is 11.6. The summed E-state index contributed by atoms with van der Waals surface area (Å²) < 4.78 is 0. The van der Waals surface area contributed by atoms with Crippen LogP contribution in [0.2, 0.25) is 0 Å². The Labute approximate surface area is 135 Å². The number of pyridine rings is 1. The summed E-state index contributed by atoms with van der Waals surface area (Å²) in [5, 5.41) is 2.93. The first-order valence-corrected chi connectivity index (χ1v) is 7.67. The number of anilines is 1. The summed E-state index contributed by atoms with van der Waals surface area (Å²) in [4.78, 5) is 30.1. The molecule has 23 heavy (non-hydrogen) atoms. The maximum atomic E-state index is 12.3. The van der Waals surface area contributed by atoms with Crippen LogP contribution in [0, 0.1) is 12.8 Å². The van der Waals surface area contributed by atoms with Crippen molar-refractivity contribution in [2.45, 2.75) is 19.9 Å². The fourth-order valence-electron chi connectivity index (χ4n) is 2.80. The summed E-state index contributed by atoms with van der Waals surface area (Å²) in [7, 11) is 0. The number of benzene rings is 1. The molecule has 0 saturated carbocycles. The lowest BCUT2D eigenvalue weighted by Gasteiger charge is -2.16. The standard InChI is InChI=1S/C18H19N3O2/c1-13-4-2-5-14(8-13)10-20-18(23)15-9-17(22)21(12-15)16-6-3-7-19-11-16/h2-8,11,15H,9-10,12H2,1H3,(H,20,23). The quantitative estimate of drug-likeness (QED) is 0.940. The Bertz CT molecular complexity index is 715. The molecule has 1 aliphatic rings. The number of aromatic nitrogens is 1. The highest BCUT2D eigenvalue weighted by atomic mass is 16.2. The van der Waals surface area contributed by atoms with Crippen molar-refractivity contribution in [1.29, 1.82) is 0 Å². The molecule has 118 valence electrons. The van der Waals surface area contributed by atoms with E-state index in [0.717, 1.165) is 16.8 Å². The second-order valence-corrected chi connectivity index (χ2v) is 5.82. The molecule has 5 nitrogen and oxygen atoms in total. The summed E-state index contributed by atoms with van der Waals surface area (Å²) in [6.45, 7) is 2.91. The second kappa shape index (κ2) is 6.60. The number of carbonyl (C=O) groups is 2. The molecule has 1 aromatic heterocycles. The number of rotatable bonds is 4. The highest BCUT2D eigenvalue weighted by Crippen LogP contribution is 2.24. The van der Waals surface area contributed by atoms with Crippen molar-refractivity contribution >= 4 is 17.5 Å². The fourth-order valence-corrected chi connectivity index (χ4v) is 2.80. The van der Waals surface area contributed by atoms with E-state index in [1.165, 1.54) is 0 Å². The molecule has 1 saturated heterocycles. The topological polar surface area (TPSA) is 62.3 Å². The van der Waals surface area contributed by atoms with Gasteiger partial charge in [0.2, 0.25) is 11.8 Å². The average molecular weight is 309 g/mol. The first-order chi connectivity index (χ1) is 11.1. The van der Waals surface area contributed by atoms with Crippen LogP contribution in [0.4, 0.5) is 5.69 Å². The van der Waals surface area contributed by atoms with Gasteiger partial charge in [-0.1, -0.05) is 29.8 Å². The van der Waals surface area contributed by atoms with Crippen molar-refractivity contribution in [2.24, 2.45) is 5.92 Å². The highest BCUT2D eigenvalue weighted by Gasteiger charge is 2.35. The molecular formula is C18H19N3O2. The Hall–Kier alpha value is -2.69. The van der Waals surface area contributed by atoms with E-state index >= 15 is 0 Å². The zero-order valence-electron chi connectivity index (χ0n) is 13.0. The minimum Gasteiger partial charge on any atom is -0.352 e. The van der Waals surface area contributed by atoms with Crippen LogP contribution in [0.3, 0.4) is 0 Å². The molecule has 0 bridgehead atoms. The van der Waals surface area contributed by atoms with Crippen LogP contribution < -0.4 is 10.2 Å². The molecule has 1 aromatic carbocycles. The number of hydrogen-bond acceptors (Lipinski definition) is 3. The summed E-state index contributed by atoms with van der Waals surface area (Å²) >= 11 is 0. The monoisotopic (exact) mass is 309 g/mol. The molecule has 1 fully saturated rings. The van der Waals surface area contributed by atoms with Crippen LogP contribution in [0.15, 0.2) is 48.8 Å². The number of amides is 2. The molecule has 1 unspecified atom stereocenters. The van der Waals surface area contributed by atoms with E-state index in [0.29, 0.717) is 13.1 Å². The lowest BCUT2D eigenvalue weighted by molar-refractivity contribution is -0.126. The molecule has 2 heterocycles. The molecule has 0 radical (unpaired) electrons. The van der Waals surface area contributed by atoms with Gasteiger partial charge in [-0.05, 0) is 24.6 Å². The van der Waals surface area contributed by atoms with Crippen LogP contribution in [0.5, 0.6) is 0 Å². The number of hydrogen-bond donors (Lipinski definition) is 1. The second-order valence-electron chi connectivity index (χ2n) is 5.82. The molecule has 0 spiro atoms. The normalized spacial score (nSPS) is 17.3. The van der Waals surface area contributed by atoms with E-state index < -0.39 is 0 Å². The highest BCUT2D eigenvalue weighted by molar-refractivity contribution is 6.00. The van der Waals surface area contributed by atoms with E-state index in [-0.39, 0.29) is 24.2 Å². The molecule has 0 aliphatic carbocycles. The lowest BCUT2D eigenvalue weighted by atomic mass is 10.1. The number of nitrogens with one attached hydrogen (secondary N) is 1. The molecule has 1 N–H and O–H groups in total. The van der Waals surface area contributed by atoms with Crippen LogP contribution in [0.1, 0.15) is 17.5 Å². The Kier molecular flexibility index (Phi) is 4.37. The maximum absolute atomic E-state index is 12.3. The first-order valence-electron chi connectivity index (χ1n) is 7.67. The van der Waals surface area contributed by atoms with Crippen molar-refractivity contribution in [3.05, 3.63) is 59.9 Å². The molecule has 5 heteroatoms. The molecule has 2 aromatic rings. The molecule has 1 atom stereocenters. The van der Waals surface area contributed by atoms with Crippen molar-refractivity contribution in [3.63, 3.8) is 0 Å². The van der Waals surface area contributed by atoms with E-state index in [1.54, 1.807) is 23.4 Å². The van der Waals surface area contributed by atoms with Crippen molar-refractivity contribution in [2.75, 3.05) is 11.4 Å². The molecule has 2 amide bonds.